The van der Waals surface area contributed by atoms with Crippen LogP contribution in [0.2, 0.25) is 0 Å². The zero-order valence-electron chi connectivity index (χ0n) is 18.7. The van der Waals surface area contributed by atoms with E-state index in [1.54, 1.807) is 21.9 Å². The second kappa shape index (κ2) is 8.03. The van der Waals surface area contributed by atoms with Crippen LogP contribution in [0.5, 0.6) is 0 Å². The van der Waals surface area contributed by atoms with Gasteiger partial charge in [0.2, 0.25) is 11.8 Å². The second-order valence-electron chi connectivity index (χ2n) is 9.28. The lowest BCUT2D eigenvalue weighted by Gasteiger charge is -2.47. The Kier molecular flexibility index (Phi) is 5.15. The van der Waals surface area contributed by atoms with Gasteiger partial charge in [0, 0.05) is 41.7 Å². The third kappa shape index (κ3) is 3.55. The first-order chi connectivity index (χ1) is 15.8. The fraction of sp³-hybridized carbons (Fsp3) is 0.360. The Morgan fingerprint density at radius 3 is 2.70 bits per heavy atom. The number of non-ortho nitro benzene ring substituents is 1. The first kappa shape index (κ1) is 21.2. The average molecular weight is 447 g/mol. The van der Waals surface area contributed by atoms with Gasteiger partial charge in [-0.2, -0.15) is 0 Å². The third-order valence-corrected chi connectivity index (χ3v) is 6.72. The molecular weight excluding hydrogens is 420 g/mol. The van der Waals surface area contributed by atoms with E-state index in [9.17, 15) is 19.7 Å². The number of hydrogen-bond acceptors (Lipinski definition) is 4. The molecule has 1 N–H and O–H groups in total. The van der Waals surface area contributed by atoms with Crippen molar-refractivity contribution in [3.63, 3.8) is 0 Å². The molecule has 0 bridgehead atoms. The van der Waals surface area contributed by atoms with E-state index in [0.717, 1.165) is 28.6 Å². The molecule has 1 fully saturated rings. The summed E-state index contributed by atoms with van der Waals surface area (Å²) in [7, 11) is 0. The fourth-order valence-electron chi connectivity index (χ4n) is 5.08. The molecule has 2 aliphatic heterocycles. The van der Waals surface area contributed by atoms with Crippen molar-refractivity contribution in [1.82, 2.24) is 14.8 Å². The van der Waals surface area contributed by atoms with E-state index in [1.807, 2.05) is 24.3 Å². The average Bonchev–Trinajstić information content (AvgIpc) is 3.17. The minimum absolute atomic E-state index is 0.0308. The van der Waals surface area contributed by atoms with Crippen molar-refractivity contribution in [1.29, 1.82) is 0 Å². The molecule has 0 radical (unpaired) electrons. The van der Waals surface area contributed by atoms with Gasteiger partial charge in [0.05, 0.1) is 17.5 Å². The number of aromatic nitrogens is 1. The lowest BCUT2D eigenvalue weighted by molar-refractivity contribution is -0.384. The number of aromatic amines is 1. The Morgan fingerprint density at radius 1 is 1.15 bits per heavy atom. The van der Waals surface area contributed by atoms with Gasteiger partial charge in [-0.3, -0.25) is 19.7 Å². The molecule has 8 heteroatoms. The van der Waals surface area contributed by atoms with Gasteiger partial charge in [-0.05, 0) is 29.5 Å². The smallest absolute Gasteiger partial charge is 0.269 e. The number of carbonyl (C=O) groups is 2. The maximum Gasteiger partial charge on any atom is 0.269 e. The maximum absolute atomic E-state index is 13.6. The van der Waals surface area contributed by atoms with Crippen LogP contribution in [0, 0.1) is 16.0 Å². The van der Waals surface area contributed by atoms with E-state index < -0.39 is 17.0 Å². The number of fused-ring (bicyclic) bond motifs is 4. The zero-order valence-corrected chi connectivity index (χ0v) is 18.7. The van der Waals surface area contributed by atoms with Gasteiger partial charge in [0.25, 0.3) is 5.69 Å². The molecule has 0 unspecified atom stereocenters. The highest BCUT2D eigenvalue weighted by molar-refractivity contribution is 5.97. The predicted molar refractivity (Wildman–Crippen MR) is 124 cm³/mol. The van der Waals surface area contributed by atoms with Crippen LogP contribution in [0.3, 0.4) is 0 Å². The predicted octanol–water partition coefficient (Wildman–Crippen LogP) is 3.81. The molecule has 2 atom stereocenters. The Balaban J connectivity index is 1.65. The Morgan fingerprint density at radius 2 is 1.94 bits per heavy atom. The fourth-order valence-corrected chi connectivity index (χ4v) is 5.08. The van der Waals surface area contributed by atoms with E-state index >= 15 is 0 Å². The lowest BCUT2D eigenvalue weighted by atomic mass is 9.86. The number of para-hydroxylation sites is 1. The highest BCUT2D eigenvalue weighted by Gasteiger charge is 2.48. The van der Waals surface area contributed by atoms with Gasteiger partial charge in [-0.15, -0.1) is 0 Å². The summed E-state index contributed by atoms with van der Waals surface area (Å²) in [5.74, 6) is 0.237. The van der Waals surface area contributed by atoms with E-state index in [1.165, 1.54) is 12.1 Å². The molecule has 33 heavy (non-hydrogen) atoms. The summed E-state index contributed by atoms with van der Waals surface area (Å²) in [6.45, 7) is 4.78. The first-order valence-corrected chi connectivity index (χ1v) is 11.3. The molecule has 8 nitrogen and oxygen atoms in total. The number of benzene rings is 2. The summed E-state index contributed by atoms with van der Waals surface area (Å²) in [5.41, 5.74) is 3.33. The molecule has 2 aromatic carbocycles. The molecule has 2 aliphatic rings. The summed E-state index contributed by atoms with van der Waals surface area (Å²) in [6.07, 6.45) is 1.26. The highest BCUT2D eigenvalue weighted by atomic mass is 16.6. The van der Waals surface area contributed by atoms with Gasteiger partial charge >= 0.3 is 0 Å². The number of piperazine rings is 1. The van der Waals surface area contributed by atoms with Gasteiger partial charge in [0.15, 0.2) is 0 Å². The summed E-state index contributed by atoms with van der Waals surface area (Å²) in [5, 5.41) is 12.5. The van der Waals surface area contributed by atoms with E-state index in [2.05, 4.69) is 18.8 Å². The molecular formula is C25H26N4O4. The van der Waals surface area contributed by atoms with Crippen molar-refractivity contribution < 1.29 is 14.5 Å². The third-order valence-electron chi connectivity index (χ3n) is 6.72. The van der Waals surface area contributed by atoms with Gasteiger partial charge in [-0.1, -0.05) is 44.2 Å². The van der Waals surface area contributed by atoms with E-state index in [-0.39, 0.29) is 24.0 Å². The number of carbonyl (C=O) groups excluding carboxylic acids is 2. The largest absolute Gasteiger partial charge is 0.356 e. The number of nitrogens with one attached hydrogen (secondary N) is 1. The number of rotatable bonds is 5. The number of nitro benzene ring substituents is 1. The van der Waals surface area contributed by atoms with Crippen LogP contribution < -0.4 is 0 Å². The summed E-state index contributed by atoms with van der Waals surface area (Å²) >= 11 is 0. The molecule has 5 rings (SSSR count). The second-order valence-corrected chi connectivity index (χ2v) is 9.28. The maximum atomic E-state index is 13.6. The topological polar surface area (TPSA) is 99.5 Å². The molecule has 2 amide bonds. The van der Waals surface area contributed by atoms with E-state index in [4.69, 9.17) is 0 Å². The molecule has 1 aromatic heterocycles. The molecule has 3 aromatic rings. The minimum Gasteiger partial charge on any atom is -0.356 e. The van der Waals surface area contributed by atoms with Crippen molar-refractivity contribution >= 4 is 28.4 Å². The Bertz CT molecular complexity index is 1260. The van der Waals surface area contributed by atoms with Gasteiger partial charge in [-0.25, -0.2) is 0 Å². The van der Waals surface area contributed by atoms with Gasteiger partial charge in [0.1, 0.15) is 6.04 Å². The Labute approximate surface area is 191 Å². The molecule has 1 saturated heterocycles. The number of hydrogen-bond donors (Lipinski definition) is 1. The van der Waals surface area contributed by atoms with Crippen molar-refractivity contribution in [2.24, 2.45) is 5.92 Å². The standard InChI is InChI=1S/C25H26N4O4/c1-15(2)10-11-27-14-22(30)28-21(25(27)31)13-19-18-8-3-4-9-20(18)26-23(19)24(28)16-6-5-7-17(12-16)29(32)33/h3-9,12,15,21,24,26H,10-11,13-14H2,1-2H3/t21-,24-/m0/s1. The molecule has 0 aliphatic carbocycles. The van der Waals surface area contributed by atoms with Crippen LogP contribution in [0.4, 0.5) is 5.69 Å². The summed E-state index contributed by atoms with van der Waals surface area (Å²) in [4.78, 5) is 44.8. The zero-order chi connectivity index (χ0) is 23.3. The Hall–Kier alpha value is -3.68. The monoisotopic (exact) mass is 446 g/mol. The molecule has 0 saturated carbocycles. The van der Waals surface area contributed by atoms with Crippen molar-refractivity contribution in [3.05, 3.63) is 75.5 Å². The highest BCUT2D eigenvalue weighted by Crippen LogP contribution is 2.43. The quantitative estimate of drug-likeness (QED) is 0.476. The molecule has 3 heterocycles. The van der Waals surface area contributed by atoms with Crippen molar-refractivity contribution in [3.8, 4) is 0 Å². The van der Waals surface area contributed by atoms with E-state index in [0.29, 0.717) is 24.4 Å². The minimum atomic E-state index is -0.630. The normalized spacial score (nSPS) is 20.3. The van der Waals surface area contributed by atoms with Crippen LogP contribution in [0.1, 0.15) is 43.1 Å². The van der Waals surface area contributed by atoms with Crippen molar-refractivity contribution in [2.45, 2.75) is 38.8 Å². The first-order valence-electron chi connectivity index (χ1n) is 11.3. The summed E-state index contributed by atoms with van der Waals surface area (Å²) in [6, 6.07) is 13.0. The lowest BCUT2D eigenvalue weighted by Crippen LogP contribution is -2.63. The van der Waals surface area contributed by atoms with Crippen LogP contribution in [-0.2, 0) is 16.0 Å². The van der Waals surface area contributed by atoms with Crippen LogP contribution >= 0.6 is 0 Å². The molecule has 170 valence electrons. The number of amides is 2. The van der Waals surface area contributed by atoms with Crippen LogP contribution in [0.15, 0.2) is 48.5 Å². The molecule has 0 spiro atoms. The van der Waals surface area contributed by atoms with Gasteiger partial charge < -0.3 is 14.8 Å². The number of nitrogens with zero attached hydrogens (tertiary/aromatic N) is 3. The SMILES string of the molecule is CC(C)CCN1CC(=O)N2[C@@H](c3cccc([N+](=O)[O-])c3)c3[nH]c4ccccc4c3C[C@H]2C1=O. The van der Waals surface area contributed by atoms with Crippen LogP contribution in [-0.4, -0.2) is 50.7 Å². The number of H-pyrrole nitrogens is 1. The van der Waals surface area contributed by atoms with Crippen molar-refractivity contribution in [2.75, 3.05) is 13.1 Å². The number of nitro groups is 1. The summed E-state index contributed by atoms with van der Waals surface area (Å²) < 4.78 is 0. The van der Waals surface area contributed by atoms with Crippen LogP contribution in [0.25, 0.3) is 10.9 Å².